The highest BCUT2D eigenvalue weighted by molar-refractivity contribution is 5.73. The summed E-state index contributed by atoms with van der Waals surface area (Å²) in [6.07, 6.45) is 0. The van der Waals surface area contributed by atoms with E-state index >= 15 is 0 Å². The molecule has 0 aliphatic rings. The standard InChI is InChI=1S/C5H11NO.H2/c1-4(2)6-5(3)7;/h4H,1-3H3,(H,6,7);1H. The molecule has 0 rings (SSSR count). The molecule has 0 unspecified atom stereocenters. The number of carbonyl (C=O) groups is 1. The second-order valence-corrected chi connectivity index (χ2v) is 1.86. The summed E-state index contributed by atoms with van der Waals surface area (Å²) in [5.41, 5.74) is 0. The minimum Gasteiger partial charge on any atom is -0.354 e. The van der Waals surface area contributed by atoms with E-state index < -0.39 is 0 Å². The van der Waals surface area contributed by atoms with Gasteiger partial charge in [-0.1, -0.05) is 0 Å². The van der Waals surface area contributed by atoms with Crippen LogP contribution in [0, 0.1) is 0 Å². The van der Waals surface area contributed by atoms with E-state index in [1.54, 1.807) is 0 Å². The van der Waals surface area contributed by atoms with E-state index in [2.05, 4.69) is 5.32 Å². The molecule has 0 bridgehead atoms. The summed E-state index contributed by atoms with van der Waals surface area (Å²) in [6, 6.07) is 0.275. The molecular weight excluding hydrogens is 90.1 g/mol. The number of hydrogen-bond donors (Lipinski definition) is 1. The fourth-order valence-electron chi connectivity index (χ4n) is 0.407. The fraction of sp³-hybridized carbons (Fsp3) is 0.800. The second-order valence-electron chi connectivity index (χ2n) is 1.86. The molecule has 0 radical (unpaired) electrons. The van der Waals surface area contributed by atoms with Crippen molar-refractivity contribution in [2.75, 3.05) is 0 Å². The van der Waals surface area contributed by atoms with E-state index in [4.69, 9.17) is 0 Å². The number of nitrogens with one attached hydrogen (secondary N) is 1. The quantitative estimate of drug-likeness (QED) is 0.522. The first-order valence-corrected chi connectivity index (χ1v) is 2.40. The first-order chi connectivity index (χ1) is 3.13. The lowest BCUT2D eigenvalue weighted by Gasteiger charge is -2.02. The average Bonchev–Trinajstić information content (AvgIpc) is 1.27. The SMILES string of the molecule is CC(=O)NC(C)C.[HH]. The van der Waals surface area contributed by atoms with Crippen molar-refractivity contribution in [2.45, 2.75) is 26.8 Å². The van der Waals surface area contributed by atoms with Gasteiger partial charge in [-0.05, 0) is 13.8 Å². The molecule has 1 amide bonds. The van der Waals surface area contributed by atoms with Crippen molar-refractivity contribution >= 4 is 5.91 Å². The van der Waals surface area contributed by atoms with Gasteiger partial charge in [-0.15, -0.1) is 0 Å². The Labute approximate surface area is 45.4 Å². The van der Waals surface area contributed by atoms with Crippen molar-refractivity contribution in [2.24, 2.45) is 0 Å². The van der Waals surface area contributed by atoms with Crippen LogP contribution < -0.4 is 5.32 Å². The van der Waals surface area contributed by atoms with Gasteiger partial charge in [-0.3, -0.25) is 4.79 Å². The lowest BCUT2D eigenvalue weighted by Crippen LogP contribution is -2.27. The molecule has 0 aromatic carbocycles. The Hall–Kier alpha value is -0.530. The third-order valence-corrected chi connectivity index (χ3v) is 0.492. The van der Waals surface area contributed by atoms with Crippen LogP contribution in [-0.4, -0.2) is 11.9 Å². The van der Waals surface area contributed by atoms with E-state index in [0.29, 0.717) is 0 Å². The van der Waals surface area contributed by atoms with Gasteiger partial charge in [0.05, 0.1) is 0 Å². The van der Waals surface area contributed by atoms with Crippen molar-refractivity contribution in [3.8, 4) is 0 Å². The molecule has 44 valence electrons. The third kappa shape index (κ3) is 5.47. The predicted molar refractivity (Wildman–Crippen MR) is 31.1 cm³/mol. The molecule has 0 aromatic heterocycles. The summed E-state index contributed by atoms with van der Waals surface area (Å²) in [5.74, 6) is 0.0370. The molecule has 0 saturated heterocycles. The highest BCUT2D eigenvalue weighted by Gasteiger charge is 1.90. The summed E-state index contributed by atoms with van der Waals surface area (Å²) < 4.78 is 0. The molecule has 0 aromatic rings. The fourth-order valence-corrected chi connectivity index (χ4v) is 0.407. The lowest BCUT2D eigenvalue weighted by atomic mass is 10.4. The highest BCUT2D eigenvalue weighted by Crippen LogP contribution is 1.72. The molecule has 0 atom stereocenters. The van der Waals surface area contributed by atoms with Crippen LogP contribution in [0.25, 0.3) is 0 Å². The zero-order valence-corrected chi connectivity index (χ0v) is 4.99. The molecular formula is C5H13NO. The van der Waals surface area contributed by atoms with E-state index in [9.17, 15) is 4.79 Å². The zero-order valence-electron chi connectivity index (χ0n) is 4.99. The Kier molecular flexibility index (Phi) is 2.41. The van der Waals surface area contributed by atoms with Crippen molar-refractivity contribution in [3.63, 3.8) is 0 Å². The maximum absolute atomic E-state index is 10.1. The van der Waals surface area contributed by atoms with Crippen LogP contribution in [0.3, 0.4) is 0 Å². The molecule has 1 N–H and O–H groups in total. The highest BCUT2D eigenvalue weighted by atomic mass is 16.1. The van der Waals surface area contributed by atoms with Gasteiger partial charge in [0.15, 0.2) is 0 Å². The summed E-state index contributed by atoms with van der Waals surface area (Å²) in [4.78, 5) is 10.1. The van der Waals surface area contributed by atoms with Gasteiger partial charge in [0.25, 0.3) is 0 Å². The Bertz CT molecular complexity index is 72.8. The summed E-state index contributed by atoms with van der Waals surface area (Å²) in [5, 5.41) is 2.67. The largest absolute Gasteiger partial charge is 0.354 e. The molecule has 0 heterocycles. The van der Waals surface area contributed by atoms with Gasteiger partial charge in [0.2, 0.25) is 5.91 Å². The van der Waals surface area contributed by atoms with Gasteiger partial charge in [-0.2, -0.15) is 0 Å². The normalized spacial score (nSPS) is 9.14. The summed E-state index contributed by atoms with van der Waals surface area (Å²) in [6.45, 7) is 5.38. The second kappa shape index (κ2) is 2.61. The number of amides is 1. The van der Waals surface area contributed by atoms with Crippen LogP contribution in [0.4, 0.5) is 0 Å². The van der Waals surface area contributed by atoms with Crippen LogP contribution >= 0.6 is 0 Å². The van der Waals surface area contributed by atoms with Crippen LogP contribution in [0.2, 0.25) is 0 Å². The Morgan fingerprint density at radius 3 is 2.14 bits per heavy atom. The van der Waals surface area contributed by atoms with E-state index in [0.717, 1.165) is 0 Å². The topological polar surface area (TPSA) is 29.1 Å². The lowest BCUT2D eigenvalue weighted by molar-refractivity contribution is -0.119. The van der Waals surface area contributed by atoms with Crippen molar-refractivity contribution in [3.05, 3.63) is 0 Å². The average molecular weight is 103 g/mol. The van der Waals surface area contributed by atoms with Crippen molar-refractivity contribution < 1.29 is 6.22 Å². The summed E-state index contributed by atoms with van der Waals surface area (Å²) in [7, 11) is 0. The maximum Gasteiger partial charge on any atom is 0.217 e. The van der Waals surface area contributed by atoms with Crippen LogP contribution in [0.5, 0.6) is 0 Å². The Morgan fingerprint density at radius 2 is 2.14 bits per heavy atom. The maximum atomic E-state index is 10.1. The third-order valence-electron chi connectivity index (χ3n) is 0.492. The van der Waals surface area contributed by atoms with E-state index in [1.165, 1.54) is 6.92 Å². The Balaban J connectivity index is 0. The molecule has 0 aliphatic carbocycles. The van der Waals surface area contributed by atoms with E-state index in [-0.39, 0.29) is 13.4 Å². The van der Waals surface area contributed by atoms with Crippen LogP contribution in [0.1, 0.15) is 22.2 Å². The van der Waals surface area contributed by atoms with Gasteiger partial charge < -0.3 is 5.32 Å². The van der Waals surface area contributed by atoms with Gasteiger partial charge in [-0.25, -0.2) is 0 Å². The van der Waals surface area contributed by atoms with Crippen molar-refractivity contribution in [1.82, 2.24) is 5.32 Å². The monoisotopic (exact) mass is 103 g/mol. The summed E-state index contributed by atoms with van der Waals surface area (Å²) >= 11 is 0. The molecule has 0 spiro atoms. The predicted octanol–water partition coefficient (Wildman–Crippen LogP) is 0.777. The smallest absolute Gasteiger partial charge is 0.217 e. The molecule has 0 fully saturated rings. The van der Waals surface area contributed by atoms with E-state index in [1.807, 2.05) is 13.8 Å². The minimum atomic E-state index is 0. The van der Waals surface area contributed by atoms with Crippen molar-refractivity contribution in [1.29, 1.82) is 0 Å². The molecule has 0 saturated carbocycles. The van der Waals surface area contributed by atoms with Gasteiger partial charge in [0, 0.05) is 14.4 Å². The molecule has 7 heavy (non-hydrogen) atoms. The van der Waals surface area contributed by atoms with Gasteiger partial charge in [0.1, 0.15) is 0 Å². The zero-order chi connectivity index (χ0) is 5.86. The molecule has 2 nitrogen and oxygen atoms in total. The minimum absolute atomic E-state index is 0. The first kappa shape index (κ1) is 6.47. The first-order valence-electron chi connectivity index (χ1n) is 2.40. The molecule has 0 aliphatic heterocycles. The number of carbonyl (C=O) groups excluding carboxylic acids is 1. The van der Waals surface area contributed by atoms with Crippen LogP contribution in [-0.2, 0) is 4.79 Å². The van der Waals surface area contributed by atoms with Crippen LogP contribution in [0.15, 0.2) is 0 Å². The Morgan fingerprint density at radius 1 is 1.71 bits per heavy atom. The number of rotatable bonds is 1. The van der Waals surface area contributed by atoms with Gasteiger partial charge >= 0.3 is 0 Å². The number of hydrogen-bond acceptors (Lipinski definition) is 1. The molecule has 2 heteroatoms.